The number of hydrogen-bond acceptors (Lipinski definition) is 5. The minimum absolute atomic E-state index is 0.0615. The van der Waals surface area contributed by atoms with Gasteiger partial charge in [0, 0.05) is 30.4 Å². The Hall–Kier alpha value is -2.08. The zero-order valence-corrected chi connectivity index (χ0v) is 15.5. The molecule has 25 heavy (non-hydrogen) atoms. The number of hydrogen-bond donors (Lipinski definition) is 2. The maximum absolute atomic E-state index is 12.3. The Morgan fingerprint density at radius 2 is 2.12 bits per heavy atom. The van der Waals surface area contributed by atoms with Gasteiger partial charge >= 0.3 is 0 Å². The topological polar surface area (TPSA) is 74.0 Å². The van der Waals surface area contributed by atoms with Crippen LogP contribution in [0, 0.1) is 0 Å². The minimum atomic E-state index is -0.0615. The van der Waals surface area contributed by atoms with Gasteiger partial charge in [-0.05, 0) is 46.0 Å². The van der Waals surface area contributed by atoms with Crippen molar-refractivity contribution in [3.05, 3.63) is 36.3 Å². The van der Waals surface area contributed by atoms with Crippen molar-refractivity contribution in [3.8, 4) is 0 Å². The van der Waals surface area contributed by atoms with E-state index in [0.29, 0.717) is 24.2 Å². The summed E-state index contributed by atoms with van der Waals surface area (Å²) in [7, 11) is 4.04. The van der Waals surface area contributed by atoms with Gasteiger partial charge in [-0.25, -0.2) is 4.99 Å². The Morgan fingerprint density at radius 3 is 2.76 bits per heavy atom. The normalized spacial score (nSPS) is 22.2. The van der Waals surface area contributed by atoms with Crippen molar-refractivity contribution >= 4 is 11.7 Å². The zero-order chi connectivity index (χ0) is 18.2. The van der Waals surface area contributed by atoms with E-state index in [4.69, 9.17) is 5.73 Å². The fourth-order valence-electron chi connectivity index (χ4n) is 3.24. The van der Waals surface area contributed by atoms with Crippen LogP contribution in [0.1, 0.15) is 38.5 Å². The Labute approximate surface area is 151 Å². The first-order chi connectivity index (χ1) is 12.0. The van der Waals surface area contributed by atoms with Gasteiger partial charge in [-0.2, -0.15) is 0 Å². The van der Waals surface area contributed by atoms with Gasteiger partial charge in [0.2, 0.25) is 0 Å². The van der Waals surface area contributed by atoms with Crippen LogP contribution in [0.15, 0.2) is 41.3 Å². The SMILES string of the molecule is C=C(/N=C1\C(=C/N)C=CC(=O)N1CCCN(C)C)NC1CCCCC1. The van der Waals surface area contributed by atoms with Gasteiger partial charge in [-0.3, -0.25) is 9.69 Å². The third kappa shape index (κ3) is 5.74. The highest BCUT2D eigenvalue weighted by Gasteiger charge is 2.24. The van der Waals surface area contributed by atoms with Gasteiger partial charge in [-0.15, -0.1) is 0 Å². The highest BCUT2D eigenvalue weighted by molar-refractivity contribution is 6.15. The van der Waals surface area contributed by atoms with Gasteiger partial charge in [0.25, 0.3) is 5.91 Å². The van der Waals surface area contributed by atoms with Gasteiger partial charge < -0.3 is 16.0 Å². The first-order valence-electron chi connectivity index (χ1n) is 9.12. The summed E-state index contributed by atoms with van der Waals surface area (Å²) in [5.41, 5.74) is 6.49. The Balaban J connectivity index is 2.10. The van der Waals surface area contributed by atoms with E-state index in [1.807, 2.05) is 14.1 Å². The van der Waals surface area contributed by atoms with Crippen LogP contribution in [0.25, 0.3) is 0 Å². The molecule has 0 spiro atoms. The number of aliphatic imine (C=N–C) groups is 1. The summed E-state index contributed by atoms with van der Waals surface area (Å²) < 4.78 is 0. The number of amidine groups is 1. The van der Waals surface area contributed by atoms with Crippen molar-refractivity contribution in [1.29, 1.82) is 0 Å². The Bertz CT molecular complexity index is 570. The lowest BCUT2D eigenvalue weighted by Crippen LogP contribution is -2.41. The van der Waals surface area contributed by atoms with Crippen molar-refractivity contribution in [2.75, 3.05) is 27.2 Å². The lowest BCUT2D eigenvalue weighted by Gasteiger charge is -2.28. The van der Waals surface area contributed by atoms with E-state index in [0.717, 1.165) is 31.4 Å². The summed E-state index contributed by atoms with van der Waals surface area (Å²) in [5.74, 6) is 1.12. The first kappa shape index (κ1) is 19.2. The monoisotopic (exact) mass is 345 g/mol. The summed E-state index contributed by atoms with van der Waals surface area (Å²) in [6.07, 6.45) is 11.7. The third-order valence-corrected chi connectivity index (χ3v) is 4.57. The molecule has 0 aromatic rings. The van der Waals surface area contributed by atoms with Crippen LogP contribution < -0.4 is 11.1 Å². The molecule has 1 amide bonds. The van der Waals surface area contributed by atoms with E-state index in [1.54, 1.807) is 17.1 Å². The lowest BCUT2D eigenvalue weighted by atomic mass is 9.96. The second-order valence-corrected chi connectivity index (χ2v) is 6.96. The van der Waals surface area contributed by atoms with Crippen molar-refractivity contribution in [2.24, 2.45) is 10.7 Å². The third-order valence-electron chi connectivity index (χ3n) is 4.57. The van der Waals surface area contributed by atoms with Crippen LogP contribution in [0.4, 0.5) is 0 Å². The largest absolute Gasteiger partial charge is 0.404 e. The van der Waals surface area contributed by atoms with Crippen LogP contribution in [-0.4, -0.2) is 54.8 Å². The molecule has 0 unspecified atom stereocenters. The molecule has 6 nitrogen and oxygen atoms in total. The van der Waals surface area contributed by atoms with E-state index in [2.05, 4.69) is 21.8 Å². The lowest BCUT2D eigenvalue weighted by molar-refractivity contribution is -0.122. The Kier molecular flexibility index (Phi) is 7.25. The van der Waals surface area contributed by atoms with Crippen molar-refractivity contribution in [1.82, 2.24) is 15.1 Å². The molecule has 2 rings (SSSR count). The molecular weight excluding hydrogens is 314 g/mol. The number of nitrogens with one attached hydrogen (secondary N) is 1. The van der Waals surface area contributed by atoms with E-state index in [1.165, 1.54) is 25.5 Å². The van der Waals surface area contributed by atoms with Crippen molar-refractivity contribution in [3.63, 3.8) is 0 Å². The van der Waals surface area contributed by atoms with Gasteiger partial charge in [0.15, 0.2) is 0 Å². The van der Waals surface area contributed by atoms with Gasteiger partial charge in [0.05, 0.1) is 0 Å². The summed E-state index contributed by atoms with van der Waals surface area (Å²) in [6.45, 7) is 5.55. The van der Waals surface area contributed by atoms with E-state index in [9.17, 15) is 4.79 Å². The number of nitrogens with zero attached hydrogens (tertiary/aromatic N) is 3. The molecule has 6 heteroatoms. The van der Waals surface area contributed by atoms with Crippen LogP contribution in [0.5, 0.6) is 0 Å². The minimum Gasteiger partial charge on any atom is -0.404 e. The summed E-state index contributed by atoms with van der Waals surface area (Å²) >= 11 is 0. The highest BCUT2D eigenvalue weighted by atomic mass is 16.2. The molecule has 0 saturated heterocycles. The molecule has 2 aliphatic rings. The predicted octanol–water partition coefficient (Wildman–Crippen LogP) is 1.97. The zero-order valence-electron chi connectivity index (χ0n) is 15.5. The predicted molar refractivity (Wildman–Crippen MR) is 103 cm³/mol. The van der Waals surface area contributed by atoms with E-state index >= 15 is 0 Å². The second kappa shape index (κ2) is 9.42. The standard InChI is InChI=1S/C19H31N5O/c1-15(21-17-8-5-4-6-9-17)22-19-16(14-20)10-11-18(25)24(19)13-7-12-23(2)3/h10-11,14,17,21H,1,4-9,12-13,20H2,2-3H3/b16-14-,22-19+. The van der Waals surface area contributed by atoms with E-state index < -0.39 is 0 Å². The smallest absolute Gasteiger partial charge is 0.252 e. The molecule has 0 radical (unpaired) electrons. The van der Waals surface area contributed by atoms with E-state index in [-0.39, 0.29) is 5.91 Å². The maximum Gasteiger partial charge on any atom is 0.252 e. The number of rotatable bonds is 7. The summed E-state index contributed by atoms with van der Waals surface area (Å²) in [6, 6.07) is 0.424. The number of carbonyl (C=O) groups excluding carboxylic acids is 1. The molecular formula is C19H31N5O. The molecule has 0 atom stereocenters. The van der Waals surface area contributed by atoms with Crippen LogP contribution >= 0.6 is 0 Å². The average molecular weight is 345 g/mol. The molecule has 1 heterocycles. The molecule has 0 aromatic heterocycles. The van der Waals surface area contributed by atoms with Crippen LogP contribution in [0.3, 0.4) is 0 Å². The summed E-state index contributed by atoms with van der Waals surface area (Å²) in [4.78, 5) is 20.7. The molecule has 1 fully saturated rings. The van der Waals surface area contributed by atoms with Crippen molar-refractivity contribution < 1.29 is 4.79 Å². The molecule has 0 aromatic carbocycles. The number of amides is 1. The van der Waals surface area contributed by atoms with Crippen LogP contribution in [0.2, 0.25) is 0 Å². The highest BCUT2D eigenvalue weighted by Crippen LogP contribution is 2.19. The molecule has 138 valence electrons. The fraction of sp³-hybridized carbons (Fsp3) is 0.579. The second-order valence-electron chi connectivity index (χ2n) is 6.96. The molecule has 1 aliphatic heterocycles. The Morgan fingerprint density at radius 1 is 1.40 bits per heavy atom. The van der Waals surface area contributed by atoms with Gasteiger partial charge in [0.1, 0.15) is 11.7 Å². The number of nitrogens with two attached hydrogens (primary N) is 1. The molecule has 0 bridgehead atoms. The summed E-state index contributed by atoms with van der Waals surface area (Å²) in [5, 5.41) is 3.40. The van der Waals surface area contributed by atoms with Crippen LogP contribution in [-0.2, 0) is 4.79 Å². The fourth-order valence-corrected chi connectivity index (χ4v) is 3.24. The molecule has 3 N–H and O–H groups in total. The van der Waals surface area contributed by atoms with Crippen molar-refractivity contribution in [2.45, 2.75) is 44.6 Å². The quantitative estimate of drug-likeness (QED) is 0.740. The molecule has 1 saturated carbocycles. The van der Waals surface area contributed by atoms with Gasteiger partial charge in [-0.1, -0.05) is 25.8 Å². The number of carbonyl (C=O) groups is 1. The maximum atomic E-state index is 12.3. The first-order valence-corrected chi connectivity index (χ1v) is 9.12. The molecule has 1 aliphatic carbocycles. The average Bonchev–Trinajstić information content (AvgIpc) is 2.58.